The molecule has 0 heterocycles. The van der Waals surface area contributed by atoms with E-state index < -0.39 is 0 Å². The van der Waals surface area contributed by atoms with Crippen LogP contribution in [0, 0.1) is 16.3 Å². The molecule has 0 aliphatic heterocycles. The van der Waals surface area contributed by atoms with Gasteiger partial charge >= 0.3 is 0 Å². The number of hydrogen-bond donors (Lipinski definition) is 0. The second kappa shape index (κ2) is 6.29. The van der Waals surface area contributed by atoms with Crippen LogP contribution in [-0.4, -0.2) is 0 Å². The van der Waals surface area contributed by atoms with Crippen LogP contribution in [0.5, 0.6) is 0 Å². The molecule has 1 atom stereocenters. The molecular weight excluding hydrogens is 465 g/mol. The third-order valence-electron chi connectivity index (χ3n) is 2.78. The van der Waals surface area contributed by atoms with Crippen LogP contribution in [-0.2, 0) is 0 Å². The Hall–Kier alpha value is 0.160. The summed E-state index contributed by atoms with van der Waals surface area (Å²) < 4.78 is 14.5. The van der Waals surface area contributed by atoms with E-state index in [1.165, 1.54) is 6.07 Å². The summed E-state index contributed by atoms with van der Waals surface area (Å²) in [6.45, 7) is 1.72. The SMILES string of the molecule is Cc1cc(C(Br)c2cc(Cl)ccc2I)c(Cl)cc1F. The van der Waals surface area contributed by atoms with Crippen LogP contribution in [0.1, 0.15) is 21.5 Å². The Balaban J connectivity index is 2.52. The highest BCUT2D eigenvalue weighted by atomic mass is 127. The lowest BCUT2D eigenvalue weighted by Crippen LogP contribution is -1.99. The fourth-order valence-corrected chi connectivity index (χ4v) is 4.15. The van der Waals surface area contributed by atoms with Crippen molar-refractivity contribution in [3.63, 3.8) is 0 Å². The normalized spacial score (nSPS) is 12.5. The van der Waals surface area contributed by atoms with Crippen LogP contribution in [0.15, 0.2) is 30.3 Å². The summed E-state index contributed by atoms with van der Waals surface area (Å²) in [4.78, 5) is -0.120. The maximum atomic E-state index is 13.4. The second-order valence-corrected chi connectivity index (χ2v) is 7.07. The van der Waals surface area contributed by atoms with E-state index in [4.69, 9.17) is 23.2 Å². The van der Waals surface area contributed by atoms with Crippen LogP contribution in [0.3, 0.4) is 0 Å². The van der Waals surface area contributed by atoms with Gasteiger partial charge in [0, 0.05) is 13.6 Å². The largest absolute Gasteiger partial charge is 0.207 e. The van der Waals surface area contributed by atoms with Crippen LogP contribution < -0.4 is 0 Å². The molecule has 1 unspecified atom stereocenters. The first-order chi connectivity index (χ1) is 8.90. The minimum atomic E-state index is -0.297. The molecule has 5 heteroatoms. The molecule has 0 radical (unpaired) electrons. The fraction of sp³-hybridized carbons (Fsp3) is 0.143. The first kappa shape index (κ1) is 15.5. The predicted octanol–water partition coefficient (Wildman–Crippen LogP) is 6.53. The number of alkyl halides is 1. The van der Waals surface area contributed by atoms with Gasteiger partial charge in [-0.05, 0) is 70.5 Å². The van der Waals surface area contributed by atoms with Crippen molar-refractivity contribution in [2.45, 2.75) is 11.8 Å². The monoisotopic (exact) mass is 472 g/mol. The Labute approximate surface area is 143 Å². The highest BCUT2D eigenvalue weighted by molar-refractivity contribution is 14.1. The molecule has 0 amide bonds. The maximum absolute atomic E-state index is 13.4. The quantitative estimate of drug-likeness (QED) is 0.343. The molecule has 2 aromatic rings. The van der Waals surface area contributed by atoms with E-state index >= 15 is 0 Å². The van der Waals surface area contributed by atoms with Crippen LogP contribution in [0.25, 0.3) is 0 Å². The topological polar surface area (TPSA) is 0 Å². The molecule has 100 valence electrons. The summed E-state index contributed by atoms with van der Waals surface area (Å²) in [7, 11) is 0. The van der Waals surface area contributed by atoms with Gasteiger partial charge in [-0.2, -0.15) is 0 Å². The first-order valence-electron chi connectivity index (χ1n) is 5.44. The molecule has 0 bridgehead atoms. The highest BCUT2D eigenvalue weighted by Gasteiger charge is 2.18. The van der Waals surface area contributed by atoms with Crippen LogP contribution in [0.2, 0.25) is 10.0 Å². The Kier molecular flexibility index (Phi) is 5.15. The molecular formula is C14H9BrCl2FI. The zero-order valence-electron chi connectivity index (χ0n) is 9.85. The molecule has 0 saturated heterocycles. The molecule has 0 fully saturated rings. The fourth-order valence-electron chi connectivity index (χ4n) is 1.75. The van der Waals surface area contributed by atoms with Gasteiger partial charge in [-0.3, -0.25) is 0 Å². The third kappa shape index (κ3) is 3.43. The minimum absolute atomic E-state index is 0.120. The van der Waals surface area contributed by atoms with Crippen molar-refractivity contribution < 1.29 is 4.39 Å². The van der Waals surface area contributed by atoms with E-state index in [0.717, 1.165) is 14.7 Å². The average molecular weight is 474 g/mol. The van der Waals surface area contributed by atoms with Crippen molar-refractivity contribution in [3.8, 4) is 0 Å². The van der Waals surface area contributed by atoms with Crippen molar-refractivity contribution in [1.82, 2.24) is 0 Å². The van der Waals surface area contributed by atoms with Crippen molar-refractivity contribution in [2.75, 3.05) is 0 Å². The molecule has 0 saturated carbocycles. The summed E-state index contributed by atoms with van der Waals surface area (Å²) in [5.41, 5.74) is 2.42. The first-order valence-corrected chi connectivity index (χ1v) is 8.19. The van der Waals surface area contributed by atoms with Gasteiger partial charge in [-0.1, -0.05) is 45.2 Å². The molecule has 2 rings (SSSR count). The van der Waals surface area contributed by atoms with Gasteiger partial charge in [0.05, 0.1) is 4.83 Å². The Morgan fingerprint density at radius 2 is 1.84 bits per heavy atom. The summed E-state index contributed by atoms with van der Waals surface area (Å²) in [6.07, 6.45) is 0. The van der Waals surface area contributed by atoms with Gasteiger partial charge < -0.3 is 0 Å². The van der Waals surface area contributed by atoms with Crippen molar-refractivity contribution in [2.24, 2.45) is 0 Å². The van der Waals surface area contributed by atoms with Crippen LogP contribution >= 0.6 is 61.7 Å². The van der Waals surface area contributed by atoms with Crippen molar-refractivity contribution >= 4 is 61.7 Å². The average Bonchev–Trinajstić information content (AvgIpc) is 2.36. The molecule has 0 nitrogen and oxygen atoms in total. The van der Waals surface area contributed by atoms with E-state index in [0.29, 0.717) is 15.6 Å². The van der Waals surface area contributed by atoms with E-state index in [1.807, 2.05) is 18.2 Å². The number of halogens is 5. The van der Waals surface area contributed by atoms with Crippen molar-refractivity contribution in [1.29, 1.82) is 0 Å². The second-order valence-electron chi connectivity index (χ2n) is 4.15. The smallest absolute Gasteiger partial charge is 0.127 e. The van der Waals surface area contributed by atoms with Gasteiger partial charge in [0.25, 0.3) is 0 Å². The van der Waals surface area contributed by atoms with E-state index in [1.54, 1.807) is 13.0 Å². The summed E-state index contributed by atoms with van der Waals surface area (Å²) in [5.74, 6) is -0.297. The number of rotatable bonds is 2. The summed E-state index contributed by atoms with van der Waals surface area (Å²) in [5, 5.41) is 1.07. The van der Waals surface area contributed by atoms with E-state index in [2.05, 4.69) is 38.5 Å². The lowest BCUT2D eigenvalue weighted by Gasteiger charge is -2.16. The Bertz CT molecular complexity index is 631. The molecule has 0 aliphatic rings. The maximum Gasteiger partial charge on any atom is 0.127 e. The lowest BCUT2D eigenvalue weighted by molar-refractivity contribution is 0.618. The summed E-state index contributed by atoms with van der Waals surface area (Å²) in [6, 6.07) is 8.77. The van der Waals surface area contributed by atoms with Gasteiger partial charge in [0.15, 0.2) is 0 Å². The number of aryl methyl sites for hydroxylation is 1. The Morgan fingerprint density at radius 3 is 2.53 bits per heavy atom. The van der Waals surface area contributed by atoms with Crippen LogP contribution in [0.4, 0.5) is 4.39 Å². The van der Waals surface area contributed by atoms with Gasteiger partial charge in [-0.25, -0.2) is 4.39 Å². The molecule has 19 heavy (non-hydrogen) atoms. The highest BCUT2D eigenvalue weighted by Crippen LogP contribution is 2.39. The van der Waals surface area contributed by atoms with E-state index in [9.17, 15) is 4.39 Å². The zero-order chi connectivity index (χ0) is 14.2. The third-order valence-corrected chi connectivity index (χ3v) is 5.31. The zero-order valence-corrected chi connectivity index (χ0v) is 15.1. The van der Waals surface area contributed by atoms with E-state index in [-0.39, 0.29) is 10.6 Å². The Morgan fingerprint density at radius 1 is 1.16 bits per heavy atom. The molecule has 0 N–H and O–H groups in total. The molecule has 0 aliphatic carbocycles. The molecule has 0 spiro atoms. The predicted molar refractivity (Wildman–Crippen MR) is 91.1 cm³/mol. The molecule has 2 aromatic carbocycles. The van der Waals surface area contributed by atoms with Crippen molar-refractivity contribution in [3.05, 3.63) is 66.5 Å². The minimum Gasteiger partial charge on any atom is -0.207 e. The van der Waals surface area contributed by atoms with Gasteiger partial charge in [0.2, 0.25) is 0 Å². The van der Waals surface area contributed by atoms with Gasteiger partial charge in [-0.15, -0.1) is 0 Å². The van der Waals surface area contributed by atoms with Gasteiger partial charge in [0.1, 0.15) is 5.82 Å². The number of hydrogen-bond acceptors (Lipinski definition) is 0. The summed E-state index contributed by atoms with van der Waals surface area (Å²) >= 11 is 18.0. The standard InChI is InChI=1S/C14H9BrCl2FI/c1-7-4-9(11(17)6-12(7)18)14(15)10-5-8(16)2-3-13(10)19/h2-6,14H,1H3. The lowest BCUT2D eigenvalue weighted by atomic mass is 10.0. The number of benzene rings is 2. The molecule has 0 aromatic heterocycles.